The smallest absolute Gasteiger partial charge is 0.303 e. The number of hydrogen-bond acceptors (Lipinski definition) is 13. The van der Waals surface area contributed by atoms with Crippen molar-refractivity contribution in [1.29, 1.82) is 0 Å². The zero-order valence-corrected chi connectivity index (χ0v) is 20.0. The third kappa shape index (κ3) is 6.41. The summed E-state index contributed by atoms with van der Waals surface area (Å²) in [4.78, 5) is 76.0. The van der Waals surface area contributed by atoms with Gasteiger partial charge in [0.2, 0.25) is 0 Å². The first kappa shape index (κ1) is 27.4. The molecule has 0 aromatic carbocycles. The van der Waals surface area contributed by atoms with Crippen LogP contribution in [0.5, 0.6) is 6.01 Å². The van der Waals surface area contributed by atoms with E-state index in [0.29, 0.717) is 0 Å². The standard InChI is InChI=1S/C21H26N2O12/c1-9(25)31-8-14-16(32-10(2)26)18(33-11(3)27)19(34-12(4)28)17(35-14)15-13(7-24)20(29)23(5)21(22-15)30-6/h7,14,16-19H,8H2,1-6H3/t14-,16-,17-,18+,19+/m1/s1. The Kier molecular flexibility index (Phi) is 9.05. The summed E-state index contributed by atoms with van der Waals surface area (Å²) >= 11 is 0. The van der Waals surface area contributed by atoms with Crippen LogP contribution in [0.1, 0.15) is 49.9 Å². The van der Waals surface area contributed by atoms with Gasteiger partial charge in [0.1, 0.15) is 24.4 Å². The van der Waals surface area contributed by atoms with Gasteiger partial charge in [-0.25, -0.2) is 0 Å². The van der Waals surface area contributed by atoms with Crippen molar-refractivity contribution in [2.75, 3.05) is 13.7 Å². The van der Waals surface area contributed by atoms with E-state index in [9.17, 15) is 28.8 Å². The molecule has 14 nitrogen and oxygen atoms in total. The quantitative estimate of drug-likeness (QED) is 0.252. The van der Waals surface area contributed by atoms with Crippen molar-refractivity contribution >= 4 is 30.2 Å². The van der Waals surface area contributed by atoms with E-state index >= 15 is 0 Å². The van der Waals surface area contributed by atoms with Crippen LogP contribution in [0.4, 0.5) is 0 Å². The van der Waals surface area contributed by atoms with Crippen LogP contribution >= 0.6 is 0 Å². The minimum atomic E-state index is -1.53. The first-order chi connectivity index (χ1) is 16.4. The molecule has 0 spiro atoms. The molecular formula is C21H26N2O12. The Hall–Kier alpha value is -3.81. The predicted octanol–water partition coefficient (Wildman–Crippen LogP) is -0.600. The molecule has 1 aromatic rings. The highest BCUT2D eigenvalue weighted by Gasteiger charge is 2.53. The fourth-order valence-corrected chi connectivity index (χ4v) is 3.57. The lowest BCUT2D eigenvalue weighted by Crippen LogP contribution is -2.60. The van der Waals surface area contributed by atoms with Gasteiger partial charge in [0.05, 0.1) is 12.8 Å². The van der Waals surface area contributed by atoms with Crippen LogP contribution < -0.4 is 10.3 Å². The SMILES string of the molecule is COc1nc([C@H]2O[C@H](COC(C)=O)[C@@H](OC(C)=O)[C@H](OC(C)=O)[C@H]2OC(C)=O)c(C=O)c(=O)n1C. The minimum absolute atomic E-state index is 0.205. The molecular weight excluding hydrogens is 472 g/mol. The van der Waals surface area contributed by atoms with Crippen LogP contribution in [0.3, 0.4) is 0 Å². The molecule has 0 unspecified atom stereocenters. The third-order valence-electron chi connectivity index (χ3n) is 4.87. The maximum atomic E-state index is 12.8. The molecule has 0 radical (unpaired) electrons. The van der Waals surface area contributed by atoms with E-state index in [0.717, 1.165) is 32.3 Å². The number of carbonyl (C=O) groups excluding carboxylic acids is 5. The molecule has 2 rings (SSSR count). The molecule has 5 atom stereocenters. The van der Waals surface area contributed by atoms with Crippen LogP contribution in [0.2, 0.25) is 0 Å². The molecule has 0 bridgehead atoms. The van der Waals surface area contributed by atoms with Gasteiger partial charge in [-0.05, 0) is 0 Å². The highest BCUT2D eigenvalue weighted by Crippen LogP contribution is 2.38. The molecule has 0 aliphatic carbocycles. The zero-order valence-electron chi connectivity index (χ0n) is 20.0. The number of carbonyl (C=O) groups is 5. The lowest BCUT2D eigenvalue weighted by molar-refractivity contribution is -0.255. The van der Waals surface area contributed by atoms with E-state index in [1.165, 1.54) is 14.2 Å². The third-order valence-corrected chi connectivity index (χ3v) is 4.87. The van der Waals surface area contributed by atoms with Crippen molar-refractivity contribution in [2.45, 2.75) is 58.2 Å². The highest BCUT2D eigenvalue weighted by molar-refractivity contribution is 5.76. The summed E-state index contributed by atoms with van der Waals surface area (Å²) in [6.45, 7) is 3.86. The van der Waals surface area contributed by atoms with Gasteiger partial charge in [-0.2, -0.15) is 4.98 Å². The van der Waals surface area contributed by atoms with Crippen LogP contribution in [-0.2, 0) is 49.9 Å². The maximum Gasteiger partial charge on any atom is 0.303 e. The molecule has 0 amide bonds. The topological polar surface area (TPSA) is 176 Å². The zero-order chi connectivity index (χ0) is 26.4. The van der Waals surface area contributed by atoms with Gasteiger partial charge in [-0.3, -0.25) is 33.3 Å². The first-order valence-corrected chi connectivity index (χ1v) is 10.3. The van der Waals surface area contributed by atoms with Gasteiger partial charge in [-0.15, -0.1) is 0 Å². The molecule has 2 heterocycles. The number of rotatable bonds is 8. The Balaban J connectivity index is 2.77. The second-order valence-electron chi connectivity index (χ2n) is 7.50. The second kappa shape index (κ2) is 11.6. The number of aldehydes is 1. The van der Waals surface area contributed by atoms with E-state index in [4.69, 9.17) is 28.4 Å². The van der Waals surface area contributed by atoms with Crippen LogP contribution in [-0.4, -0.2) is 77.8 Å². The lowest BCUT2D eigenvalue weighted by Gasteiger charge is -2.44. The summed E-state index contributed by atoms with van der Waals surface area (Å²) in [5.74, 6) is -3.17. The van der Waals surface area contributed by atoms with Gasteiger partial charge in [0.15, 0.2) is 24.6 Å². The van der Waals surface area contributed by atoms with Gasteiger partial charge in [-0.1, -0.05) is 0 Å². The van der Waals surface area contributed by atoms with Crippen molar-refractivity contribution in [2.24, 2.45) is 7.05 Å². The van der Waals surface area contributed by atoms with E-state index in [-0.39, 0.29) is 18.0 Å². The average Bonchev–Trinajstić information content (AvgIpc) is 2.76. The van der Waals surface area contributed by atoms with Gasteiger partial charge < -0.3 is 28.4 Å². The summed E-state index contributed by atoms with van der Waals surface area (Å²) in [5, 5.41) is 0. The van der Waals surface area contributed by atoms with Crippen molar-refractivity contribution in [3.63, 3.8) is 0 Å². The fourth-order valence-electron chi connectivity index (χ4n) is 3.57. The molecule has 1 fully saturated rings. The largest absolute Gasteiger partial charge is 0.468 e. The van der Waals surface area contributed by atoms with Crippen molar-refractivity contribution < 1.29 is 52.4 Å². The maximum absolute atomic E-state index is 12.8. The number of hydrogen-bond donors (Lipinski definition) is 0. The van der Waals surface area contributed by atoms with Crippen molar-refractivity contribution in [3.8, 4) is 6.01 Å². The number of ether oxygens (including phenoxy) is 6. The molecule has 1 saturated heterocycles. The minimum Gasteiger partial charge on any atom is -0.468 e. The number of methoxy groups -OCH3 is 1. The average molecular weight is 498 g/mol. The summed E-state index contributed by atoms with van der Waals surface area (Å²) in [7, 11) is 2.55. The van der Waals surface area contributed by atoms with Gasteiger partial charge in [0.25, 0.3) is 11.6 Å². The van der Waals surface area contributed by atoms with E-state index in [1.807, 2.05) is 0 Å². The molecule has 0 saturated carbocycles. The number of nitrogens with zero attached hydrogens (tertiary/aromatic N) is 2. The Labute approximate surface area is 199 Å². The van der Waals surface area contributed by atoms with E-state index < -0.39 is 72.1 Å². The molecule has 192 valence electrons. The number of aromatic nitrogens is 2. The summed E-state index contributed by atoms with van der Waals surface area (Å²) in [6.07, 6.45) is -6.96. The van der Waals surface area contributed by atoms with E-state index in [1.54, 1.807) is 0 Å². The molecule has 1 aromatic heterocycles. The molecule has 35 heavy (non-hydrogen) atoms. The van der Waals surface area contributed by atoms with Crippen molar-refractivity contribution in [1.82, 2.24) is 9.55 Å². The Morgan fingerprint density at radius 2 is 1.49 bits per heavy atom. The lowest BCUT2D eigenvalue weighted by atomic mass is 9.91. The van der Waals surface area contributed by atoms with Crippen LogP contribution in [0, 0.1) is 0 Å². The Morgan fingerprint density at radius 3 is 1.97 bits per heavy atom. The number of esters is 4. The van der Waals surface area contributed by atoms with Crippen LogP contribution in [0.15, 0.2) is 4.79 Å². The molecule has 0 N–H and O–H groups in total. The monoisotopic (exact) mass is 498 g/mol. The normalized spacial score (nSPS) is 23.5. The second-order valence-corrected chi connectivity index (χ2v) is 7.50. The van der Waals surface area contributed by atoms with Crippen LogP contribution in [0.25, 0.3) is 0 Å². The molecule has 1 aliphatic rings. The van der Waals surface area contributed by atoms with E-state index in [2.05, 4.69) is 4.98 Å². The Morgan fingerprint density at radius 1 is 0.943 bits per heavy atom. The van der Waals surface area contributed by atoms with Gasteiger partial charge >= 0.3 is 23.9 Å². The Bertz CT molecular complexity index is 1070. The summed E-state index contributed by atoms with van der Waals surface area (Å²) in [6, 6.07) is -0.205. The summed E-state index contributed by atoms with van der Waals surface area (Å²) in [5.41, 5.74) is -1.54. The molecule has 14 heteroatoms. The van der Waals surface area contributed by atoms with Crippen molar-refractivity contribution in [3.05, 3.63) is 21.6 Å². The fraction of sp³-hybridized carbons (Fsp3) is 0.571. The molecule has 1 aliphatic heterocycles. The predicted molar refractivity (Wildman–Crippen MR) is 112 cm³/mol. The van der Waals surface area contributed by atoms with Gasteiger partial charge in [0, 0.05) is 34.7 Å². The highest BCUT2D eigenvalue weighted by atomic mass is 16.7. The summed E-state index contributed by atoms with van der Waals surface area (Å²) < 4.78 is 33.0. The first-order valence-electron chi connectivity index (χ1n) is 10.3.